The Morgan fingerprint density at radius 3 is 2.43 bits per heavy atom. The highest BCUT2D eigenvalue weighted by Crippen LogP contribution is 2.37. The van der Waals surface area contributed by atoms with E-state index in [-0.39, 0.29) is 22.5 Å². The summed E-state index contributed by atoms with van der Waals surface area (Å²) in [5, 5.41) is 29.3. The van der Waals surface area contributed by atoms with Crippen molar-refractivity contribution in [1.82, 2.24) is 25.6 Å². The van der Waals surface area contributed by atoms with Crippen LogP contribution in [-0.2, 0) is 5.60 Å². The van der Waals surface area contributed by atoms with Gasteiger partial charge in [0.15, 0.2) is 16.6 Å². The molecule has 0 spiro atoms. The highest BCUT2D eigenvalue weighted by molar-refractivity contribution is 8.01. The predicted octanol–water partition coefficient (Wildman–Crippen LogP) is 6.74. The summed E-state index contributed by atoms with van der Waals surface area (Å²) >= 11 is 2.38. The van der Waals surface area contributed by atoms with Gasteiger partial charge in [0.05, 0.1) is 27.9 Å². The summed E-state index contributed by atoms with van der Waals surface area (Å²) in [4.78, 5) is 37.1. The Morgan fingerprint density at radius 2 is 1.80 bits per heavy atom. The third kappa shape index (κ3) is 8.30. The Labute approximate surface area is 263 Å². The lowest BCUT2D eigenvalue weighted by Gasteiger charge is -2.30. The van der Waals surface area contributed by atoms with Gasteiger partial charge < -0.3 is 26.2 Å². The van der Waals surface area contributed by atoms with E-state index < -0.39 is 29.5 Å². The summed E-state index contributed by atoms with van der Waals surface area (Å²) in [7, 11) is 0. The molecule has 232 valence electrons. The molecule has 5 N–H and O–H groups in total. The average molecular weight is 639 g/mol. The van der Waals surface area contributed by atoms with Gasteiger partial charge in [-0.25, -0.2) is 24.1 Å². The van der Waals surface area contributed by atoms with Crippen LogP contribution in [0, 0.1) is 11.2 Å². The quantitative estimate of drug-likeness (QED) is 0.114. The number of carbonyl (C=O) groups excluding carboxylic acids is 1. The molecule has 44 heavy (non-hydrogen) atoms. The fourth-order valence-electron chi connectivity index (χ4n) is 4.63. The molecule has 2 atom stereocenters. The number of aliphatic hydroxyl groups is 1. The van der Waals surface area contributed by atoms with Crippen LogP contribution in [0.5, 0.6) is 0 Å². The number of hydrogen-bond donors (Lipinski definition) is 5. The molecule has 13 heteroatoms. The number of carbonyl (C=O) groups is 2. The van der Waals surface area contributed by atoms with E-state index in [0.29, 0.717) is 33.6 Å². The van der Waals surface area contributed by atoms with E-state index in [1.165, 1.54) is 23.6 Å². The number of benzene rings is 1. The van der Waals surface area contributed by atoms with Gasteiger partial charge in [-0.05, 0) is 35.1 Å². The molecule has 2 unspecified atom stereocenters. The summed E-state index contributed by atoms with van der Waals surface area (Å²) < 4.78 is 16.1. The van der Waals surface area contributed by atoms with Gasteiger partial charge in [-0.1, -0.05) is 93.6 Å². The number of thiazole rings is 1. The normalized spacial score (nSPS) is 13.5. The molecule has 2 amide bonds. The van der Waals surface area contributed by atoms with Crippen molar-refractivity contribution in [2.75, 3.05) is 11.9 Å². The van der Waals surface area contributed by atoms with E-state index in [2.05, 4.69) is 30.9 Å². The molecule has 4 rings (SSSR count). The topological polar surface area (TPSA) is 149 Å². The number of carboxylic acid groups (broad SMARTS) is 1. The Bertz CT molecular complexity index is 1580. The van der Waals surface area contributed by atoms with Crippen molar-refractivity contribution < 1.29 is 24.2 Å². The minimum atomic E-state index is -1.29. The molecule has 0 aliphatic heterocycles. The van der Waals surface area contributed by atoms with Crippen LogP contribution in [0.15, 0.2) is 76.2 Å². The first kappa shape index (κ1) is 32.8. The molecule has 0 fully saturated rings. The van der Waals surface area contributed by atoms with Gasteiger partial charge in [-0.15, -0.1) is 0 Å². The van der Waals surface area contributed by atoms with Gasteiger partial charge in [0, 0.05) is 12.4 Å². The van der Waals surface area contributed by atoms with Gasteiger partial charge in [0.2, 0.25) is 0 Å². The van der Waals surface area contributed by atoms with Gasteiger partial charge in [0.25, 0.3) is 5.91 Å². The first-order valence-electron chi connectivity index (χ1n) is 14.0. The zero-order valence-corrected chi connectivity index (χ0v) is 26.4. The first-order valence-corrected chi connectivity index (χ1v) is 15.6. The maximum atomic E-state index is 15.4. The molecule has 0 aliphatic carbocycles. The van der Waals surface area contributed by atoms with Gasteiger partial charge >= 0.3 is 6.09 Å². The minimum Gasteiger partial charge on any atom is -0.465 e. The molecule has 10 nitrogen and oxygen atoms in total. The van der Waals surface area contributed by atoms with Crippen molar-refractivity contribution in [3.05, 3.63) is 89.8 Å². The second kappa shape index (κ2) is 14.1. The average Bonchev–Trinajstić information content (AvgIpc) is 3.43. The lowest BCUT2D eigenvalue weighted by Crippen LogP contribution is -2.41. The van der Waals surface area contributed by atoms with Crippen molar-refractivity contribution in [2.24, 2.45) is 5.41 Å². The van der Waals surface area contributed by atoms with E-state index in [1.54, 1.807) is 36.7 Å². The summed E-state index contributed by atoms with van der Waals surface area (Å²) in [6, 6.07) is 13.6. The molecule has 0 bridgehead atoms. The van der Waals surface area contributed by atoms with E-state index >= 15 is 4.39 Å². The Morgan fingerprint density at radius 1 is 1.05 bits per heavy atom. The number of rotatable bonds is 12. The van der Waals surface area contributed by atoms with E-state index in [1.807, 2.05) is 45.9 Å². The smallest absolute Gasteiger partial charge is 0.405 e. The second-order valence-corrected chi connectivity index (χ2v) is 13.6. The number of nitrogens with one attached hydrogen (secondary N) is 3. The van der Waals surface area contributed by atoms with Crippen LogP contribution in [0.25, 0.3) is 0 Å². The number of pyridine rings is 2. The van der Waals surface area contributed by atoms with Crippen molar-refractivity contribution in [3.8, 4) is 0 Å². The minimum absolute atomic E-state index is 0.0893. The fraction of sp³-hybridized carbons (Fsp3) is 0.323. The number of anilines is 2. The molecule has 0 radical (unpaired) electrons. The van der Waals surface area contributed by atoms with Crippen LogP contribution < -0.4 is 16.0 Å². The first-order chi connectivity index (χ1) is 20.9. The van der Waals surface area contributed by atoms with Gasteiger partial charge in [-0.3, -0.25) is 4.79 Å². The lowest BCUT2D eigenvalue weighted by atomic mass is 9.83. The fourth-order valence-corrected chi connectivity index (χ4v) is 6.49. The highest BCUT2D eigenvalue weighted by Gasteiger charge is 2.30. The summed E-state index contributed by atoms with van der Waals surface area (Å²) in [6.07, 6.45) is 4.56. The number of nitrogens with zero attached hydrogens (tertiary/aromatic N) is 3. The molecule has 0 aliphatic rings. The SMILES string of the molecule is CCCC(O)(CNC(=O)c1nccc(Sc2cnc(Nc3ccc(C(NC(=O)O)C(C)(C)C)cn3)s2)c1F)c1ccccc1. The maximum absolute atomic E-state index is 15.4. The van der Waals surface area contributed by atoms with E-state index in [9.17, 15) is 19.8 Å². The van der Waals surface area contributed by atoms with Crippen molar-refractivity contribution >= 4 is 46.0 Å². The van der Waals surface area contributed by atoms with Gasteiger partial charge in [-0.2, -0.15) is 0 Å². The monoisotopic (exact) mass is 638 g/mol. The third-order valence-corrected chi connectivity index (χ3v) is 8.82. The van der Waals surface area contributed by atoms with E-state index in [0.717, 1.165) is 17.3 Å². The summed E-state index contributed by atoms with van der Waals surface area (Å²) in [5.74, 6) is -0.976. The Hall–Kier alpha value is -4.07. The van der Waals surface area contributed by atoms with E-state index in [4.69, 9.17) is 0 Å². The summed E-state index contributed by atoms with van der Waals surface area (Å²) in [6.45, 7) is 7.67. The second-order valence-electron chi connectivity index (χ2n) is 11.2. The Kier molecular flexibility index (Phi) is 10.6. The lowest BCUT2D eigenvalue weighted by molar-refractivity contribution is 0.0260. The number of halogens is 1. The molecule has 1 aromatic carbocycles. The standard InChI is InChI=1S/C31H35FN6O4S2/c1-5-14-31(42,20-9-7-6-8-10-20)18-36-27(39)25-24(32)21(13-15-33-25)43-23-17-35-28(44-23)37-22-12-11-19(16-34-22)26(30(2,3)4)38-29(40)41/h6-13,15-17,26,38,42H,5,14,18H2,1-4H3,(H,36,39)(H,40,41)(H,34,35,37). The maximum Gasteiger partial charge on any atom is 0.405 e. The van der Waals surface area contributed by atoms with Crippen LogP contribution in [-0.4, -0.2) is 43.7 Å². The van der Waals surface area contributed by atoms with Gasteiger partial charge in [0.1, 0.15) is 11.4 Å². The summed E-state index contributed by atoms with van der Waals surface area (Å²) in [5.41, 5.74) is -0.618. The molecule has 0 saturated carbocycles. The largest absolute Gasteiger partial charge is 0.465 e. The van der Waals surface area contributed by atoms with Crippen LogP contribution in [0.4, 0.5) is 20.1 Å². The van der Waals surface area contributed by atoms with Crippen LogP contribution in [0.3, 0.4) is 0 Å². The molecule has 4 aromatic rings. The third-order valence-electron chi connectivity index (χ3n) is 6.77. The molecule has 3 heterocycles. The molecular weight excluding hydrogens is 604 g/mol. The zero-order valence-electron chi connectivity index (χ0n) is 24.8. The number of hydrogen-bond acceptors (Lipinski definition) is 9. The molecule has 3 aromatic heterocycles. The number of aromatic nitrogens is 3. The Balaban J connectivity index is 1.41. The van der Waals surface area contributed by atoms with Crippen molar-refractivity contribution in [2.45, 2.75) is 61.3 Å². The molecule has 0 saturated heterocycles. The van der Waals surface area contributed by atoms with Crippen molar-refractivity contribution in [3.63, 3.8) is 0 Å². The predicted molar refractivity (Wildman–Crippen MR) is 169 cm³/mol. The highest BCUT2D eigenvalue weighted by atomic mass is 32.2. The van der Waals surface area contributed by atoms with Crippen LogP contribution >= 0.6 is 23.1 Å². The van der Waals surface area contributed by atoms with Crippen LogP contribution in [0.1, 0.15) is 68.2 Å². The van der Waals surface area contributed by atoms with Crippen molar-refractivity contribution in [1.29, 1.82) is 0 Å². The molecular formula is C31H35FN6O4S2. The zero-order chi connectivity index (χ0) is 31.9. The van der Waals surface area contributed by atoms with Crippen LogP contribution in [0.2, 0.25) is 0 Å². The number of amides is 2.